The van der Waals surface area contributed by atoms with Crippen molar-refractivity contribution >= 4 is 65.6 Å². The summed E-state index contributed by atoms with van der Waals surface area (Å²) in [6.07, 6.45) is 0. The summed E-state index contributed by atoms with van der Waals surface area (Å²) in [5.41, 5.74) is 15.7. The fourth-order valence-corrected chi connectivity index (χ4v) is 11.1. The van der Waals surface area contributed by atoms with Crippen LogP contribution in [0.3, 0.4) is 0 Å². The Morgan fingerprint density at radius 2 is 0.875 bits per heavy atom. The summed E-state index contributed by atoms with van der Waals surface area (Å²) in [5.74, 6) is 1.77. The highest BCUT2D eigenvalue weighted by Crippen LogP contribution is 2.57. The van der Waals surface area contributed by atoms with Crippen LogP contribution in [-0.2, 0) is 5.41 Å². The van der Waals surface area contributed by atoms with Crippen LogP contribution in [0.4, 0.5) is 0 Å². The number of fused-ring (bicyclic) bond motifs is 12. The molecule has 0 amide bonds. The number of hydrogen-bond donors (Lipinski definition) is 0. The third kappa shape index (κ3) is 4.79. The molecule has 0 spiro atoms. The van der Waals surface area contributed by atoms with Gasteiger partial charge in [-0.15, -0.1) is 0 Å². The van der Waals surface area contributed by atoms with Crippen molar-refractivity contribution in [2.45, 2.75) is 5.41 Å². The molecule has 0 aliphatic heterocycles. The van der Waals surface area contributed by atoms with Crippen molar-refractivity contribution < 1.29 is 4.42 Å². The lowest BCUT2D eigenvalue weighted by molar-refractivity contribution is 0.668. The van der Waals surface area contributed by atoms with Gasteiger partial charge in [0.2, 0.25) is 0 Å². The van der Waals surface area contributed by atoms with Gasteiger partial charge in [0, 0.05) is 32.3 Å². The number of aromatic nitrogens is 3. The molecule has 4 aromatic heterocycles. The van der Waals surface area contributed by atoms with Crippen LogP contribution in [-0.4, -0.2) is 14.1 Å². The maximum Gasteiger partial charge on any atom is 0.140 e. The van der Waals surface area contributed by atoms with Gasteiger partial charge in [0.15, 0.2) is 0 Å². The maximum atomic E-state index is 6.34. The second-order valence-electron chi connectivity index (χ2n) is 17.0. The minimum Gasteiger partial charge on any atom is -0.456 e. The number of nitrogens with zero attached hydrogens (tertiary/aromatic N) is 3. The molecule has 4 heteroatoms. The second-order valence-corrected chi connectivity index (χ2v) is 17.0. The molecule has 0 bridgehead atoms. The summed E-state index contributed by atoms with van der Waals surface area (Å²) in [7, 11) is 0. The third-order valence-corrected chi connectivity index (χ3v) is 13.8. The Hall–Kier alpha value is -8.47. The van der Waals surface area contributed by atoms with Crippen molar-refractivity contribution in [3.05, 3.63) is 247 Å². The van der Waals surface area contributed by atoms with E-state index in [-0.39, 0.29) is 0 Å². The zero-order valence-electron chi connectivity index (χ0n) is 34.6. The van der Waals surface area contributed by atoms with Crippen LogP contribution >= 0.6 is 0 Å². The molecule has 0 saturated heterocycles. The van der Waals surface area contributed by atoms with E-state index in [1.165, 1.54) is 66.1 Å². The lowest BCUT2D eigenvalue weighted by Crippen LogP contribution is -2.28. The first kappa shape index (κ1) is 35.2. The molecule has 9 aromatic carbocycles. The van der Waals surface area contributed by atoms with Crippen molar-refractivity contribution in [2.75, 3.05) is 0 Å². The quantitative estimate of drug-likeness (QED) is 0.173. The largest absolute Gasteiger partial charge is 0.456 e. The van der Waals surface area contributed by atoms with Gasteiger partial charge in [-0.05, 0) is 111 Å². The number of pyridine rings is 1. The van der Waals surface area contributed by atoms with Gasteiger partial charge in [-0.25, -0.2) is 4.98 Å². The Morgan fingerprint density at radius 3 is 1.61 bits per heavy atom. The van der Waals surface area contributed by atoms with Crippen molar-refractivity contribution in [3.63, 3.8) is 0 Å². The van der Waals surface area contributed by atoms with E-state index in [0.29, 0.717) is 0 Å². The Labute approximate surface area is 368 Å². The van der Waals surface area contributed by atoms with E-state index in [2.05, 4.69) is 228 Å². The molecule has 13 aromatic rings. The SMILES string of the molecule is c1ccc(C2(c3ccc4oc5ccccc5c4c3)c3ccccc3-c3cc(-c4ccc5c(c4)c4ccccc4n5-c4cccc(-n5c6ccccc6c6ccccc65)n4)ccc32)cc1. The van der Waals surface area contributed by atoms with Gasteiger partial charge >= 0.3 is 0 Å². The Kier molecular flexibility index (Phi) is 7.29. The number of benzene rings is 9. The molecule has 1 unspecified atom stereocenters. The molecule has 1 atom stereocenters. The smallest absolute Gasteiger partial charge is 0.140 e. The molecule has 298 valence electrons. The van der Waals surface area contributed by atoms with Gasteiger partial charge in [0.25, 0.3) is 0 Å². The molecule has 1 aliphatic rings. The highest BCUT2D eigenvalue weighted by Gasteiger charge is 2.46. The molecule has 0 radical (unpaired) electrons. The number of para-hydroxylation sites is 4. The lowest BCUT2D eigenvalue weighted by atomic mass is 9.67. The summed E-state index contributed by atoms with van der Waals surface area (Å²) in [6, 6.07) is 81.5. The Morgan fingerprint density at radius 1 is 0.328 bits per heavy atom. The van der Waals surface area contributed by atoms with E-state index >= 15 is 0 Å². The average molecular weight is 816 g/mol. The topological polar surface area (TPSA) is 35.9 Å². The number of hydrogen-bond acceptors (Lipinski definition) is 2. The van der Waals surface area contributed by atoms with Crippen LogP contribution in [0.25, 0.3) is 99.4 Å². The summed E-state index contributed by atoms with van der Waals surface area (Å²) in [5, 5.41) is 7.09. The number of rotatable bonds is 5. The highest BCUT2D eigenvalue weighted by atomic mass is 16.3. The molecule has 4 nitrogen and oxygen atoms in total. The van der Waals surface area contributed by atoms with Crippen LogP contribution in [0, 0.1) is 0 Å². The Balaban J connectivity index is 0.941. The zero-order chi connectivity index (χ0) is 41.9. The van der Waals surface area contributed by atoms with Crippen LogP contribution in [0.2, 0.25) is 0 Å². The highest BCUT2D eigenvalue weighted by molar-refractivity contribution is 6.11. The molecule has 0 fully saturated rings. The first-order valence-electron chi connectivity index (χ1n) is 22.0. The average Bonchev–Trinajstić information content (AvgIpc) is 4.09. The van der Waals surface area contributed by atoms with Crippen molar-refractivity contribution in [2.24, 2.45) is 0 Å². The van der Waals surface area contributed by atoms with E-state index in [4.69, 9.17) is 9.40 Å². The summed E-state index contributed by atoms with van der Waals surface area (Å²) in [6.45, 7) is 0. The maximum absolute atomic E-state index is 6.34. The van der Waals surface area contributed by atoms with Crippen molar-refractivity contribution in [1.29, 1.82) is 0 Å². The molecular formula is C60H37N3O. The fourth-order valence-electron chi connectivity index (χ4n) is 11.1. The zero-order valence-corrected chi connectivity index (χ0v) is 34.6. The molecule has 64 heavy (non-hydrogen) atoms. The predicted octanol–water partition coefficient (Wildman–Crippen LogP) is 15.2. The van der Waals surface area contributed by atoms with Gasteiger partial charge in [-0.2, -0.15) is 0 Å². The number of furan rings is 1. The van der Waals surface area contributed by atoms with Crippen LogP contribution in [0.5, 0.6) is 0 Å². The first-order valence-corrected chi connectivity index (χ1v) is 22.0. The van der Waals surface area contributed by atoms with Crippen molar-refractivity contribution in [3.8, 4) is 33.9 Å². The van der Waals surface area contributed by atoms with Gasteiger partial charge in [0.05, 0.1) is 27.5 Å². The molecule has 1 aliphatic carbocycles. The van der Waals surface area contributed by atoms with E-state index in [1.54, 1.807) is 0 Å². The minimum absolute atomic E-state index is 0.531. The lowest BCUT2D eigenvalue weighted by Gasteiger charge is -2.34. The van der Waals surface area contributed by atoms with Gasteiger partial charge in [-0.1, -0.05) is 158 Å². The van der Waals surface area contributed by atoms with Crippen LogP contribution in [0.1, 0.15) is 22.3 Å². The van der Waals surface area contributed by atoms with Gasteiger partial charge in [0.1, 0.15) is 22.8 Å². The summed E-state index contributed by atoms with van der Waals surface area (Å²) >= 11 is 0. The molecule has 4 heterocycles. The van der Waals surface area contributed by atoms with E-state index < -0.39 is 5.41 Å². The van der Waals surface area contributed by atoms with E-state index in [0.717, 1.165) is 55.6 Å². The summed E-state index contributed by atoms with van der Waals surface area (Å²) in [4.78, 5) is 5.41. The Bertz CT molecular complexity index is 3980. The normalized spacial score (nSPS) is 14.6. The monoisotopic (exact) mass is 815 g/mol. The predicted molar refractivity (Wildman–Crippen MR) is 263 cm³/mol. The van der Waals surface area contributed by atoms with Crippen LogP contribution in [0.15, 0.2) is 229 Å². The summed E-state index contributed by atoms with van der Waals surface area (Å²) < 4.78 is 10.9. The van der Waals surface area contributed by atoms with E-state index in [1.807, 2.05) is 6.07 Å². The molecular weight excluding hydrogens is 779 g/mol. The van der Waals surface area contributed by atoms with Crippen molar-refractivity contribution in [1.82, 2.24) is 14.1 Å². The fraction of sp³-hybridized carbons (Fsp3) is 0.0167. The first-order chi connectivity index (χ1) is 31.7. The minimum atomic E-state index is -0.531. The van der Waals surface area contributed by atoms with E-state index in [9.17, 15) is 0 Å². The molecule has 0 saturated carbocycles. The molecule has 14 rings (SSSR count). The third-order valence-electron chi connectivity index (χ3n) is 13.8. The van der Waals surface area contributed by atoms with Crippen LogP contribution < -0.4 is 0 Å². The molecule has 0 N–H and O–H groups in total. The second kappa shape index (κ2) is 13.3. The standard InChI is InChI=1S/C60H37N3O/c1-2-15-40(16-3-1)60(41-31-34-57-49(37-41)46-21-8-13-26-56(46)64-57)50-22-9-4-17-42(50)47-35-38(29-32-51(47)60)39-30-33-55-48(36-39)45-20-7-12-25-54(45)63(55)59-28-14-27-58(61-59)62-52-23-10-5-18-43(52)44-19-6-11-24-53(44)62/h1-37H. The van der Waals surface area contributed by atoms with Gasteiger partial charge < -0.3 is 4.42 Å². The van der Waals surface area contributed by atoms with Gasteiger partial charge in [-0.3, -0.25) is 9.13 Å².